The molecule has 7 nitrogen and oxygen atoms in total. The van der Waals surface area contributed by atoms with E-state index in [1.165, 1.54) is 0 Å². The molecular formula is C11H22N6O. The van der Waals surface area contributed by atoms with E-state index >= 15 is 0 Å². The van der Waals surface area contributed by atoms with Crippen molar-refractivity contribution < 1.29 is 4.74 Å². The van der Waals surface area contributed by atoms with Gasteiger partial charge >= 0.3 is 0 Å². The van der Waals surface area contributed by atoms with Gasteiger partial charge in [0.2, 0.25) is 17.8 Å². The molecule has 18 heavy (non-hydrogen) atoms. The number of nitrogens with zero attached hydrogens (tertiary/aromatic N) is 5. The van der Waals surface area contributed by atoms with Crippen LogP contribution in [0.15, 0.2) is 0 Å². The molecular weight excluding hydrogens is 232 g/mol. The number of nitrogens with two attached hydrogens (primary N) is 1. The molecule has 0 radical (unpaired) electrons. The van der Waals surface area contributed by atoms with Crippen LogP contribution in [-0.4, -0.2) is 55.4 Å². The molecule has 1 rings (SSSR count). The van der Waals surface area contributed by atoms with E-state index < -0.39 is 0 Å². The quantitative estimate of drug-likeness (QED) is 0.786. The lowest BCUT2D eigenvalue weighted by Gasteiger charge is -2.27. The Hall–Kier alpha value is -1.63. The van der Waals surface area contributed by atoms with Crippen molar-refractivity contribution in [3.63, 3.8) is 0 Å². The maximum absolute atomic E-state index is 5.72. The van der Waals surface area contributed by atoms with Gasteiger partial charge in [-0.1, -0.05) is 0 Å². The first-order chi connectivity index (χ1) is 8.45. The zero-order chi connectivity index (χ0) is 13.7. The Labute approximate surface area is 108 Å². The van der Waals surface area contributed by atoms with E-state index in [0.29, 0.717) is 25.0 Å². The fourth-order valence-electron chi connectivity index (χ4n) is 1.48. The lowest BCUT2D eigenvalue weighted by atomic mass is 10.3. The van der Waals surface area contributed by atoms with Gasteiger partial charge in [0.1, 0.15) is 0 Å². The molecule has 1 heterocycles. The molecule has 0 saturated heterocycles. The average Bonchev–Trinajstić information content (AvgIpc) is 2.28. The third kappa shape index (κ3) is 3.69. The normalized spacial score (nSPS) is 10.8. The lowest BCUT2D eigenvalue weighted by Crippen LogP contribution is -2.36. The first-order valence-corrected chi connectivity index (χ1v) is 5.90. The van der Waals surface area contributed by atoms with Crippen LogP contribution < -0.4 is 15.5 Å². The number of hydrogen-bond acceptors (Lipinski definition) is 7. The van der Waals surface area contributed by atoms with E-state index in [1.807, 2.05) is 19.0 Å². The highest BCUT2D eigenvalue weighted by Crippen LogP contribution is 2.15. The summed E-state index contributed by atoms with van der Waals surface area (Å²) in [7, 11) is 5.41. The fourth-order valence-corrected chi connectivity index (χ4v) is 1.48. The summed E-state index contributed by atoms with van der Waals surface area (Å²) in [6.07, 6.45) is 0. The van der Waals surface area contributed by atoms with Crippen molar-refractivity contribution in [3.8, 4) is 0 Å². The molecule has 0 spiro atoms. The molecule has 7 heteroatoms. The van der Waals surface area contributed by atoms with E-state index in [9.17, 15) is 0 Å². The third-order valence-electron chi connectivity index (χ3n) is 2.45. The number of nitrogen functional groups attached to an aromatic ring is 1. The summed E-state index contributed by atoms with van der Waals surface area (Å²) in [6.45, 7) is 5.47. The minimum absolute atomic E-state index is 0.228. The predicted octanol–water partition coefficient (Wildman–Crippen LogP) is 0.381. The summed E-state index contributed by atoms with van der Waals surface area (Å²) in [5.41, 5.74) is 5.72. The van der Waals surface area contributed by atoms with Crippen molar-refractivity contribution in [1.29, 1.82) is 0 Å². The number of anilines is 3. The zero-order valence-corrected chi connectivity index (χ0v) is 11.7. The van der Waals surface area contributed by atoms with E-state index in [-0.39, 0.29) is 12.0 Å². The summed E-state index contributed by atoms with van der Waals surface area (Å²) in [4.78, 5) is 16.5. The van der Waals surface area contributed by atoms with Gasteiger partial charge in [-0.2, -0.15) is 15.0 Å². The number of methoxy groups -OCH3 is 1. The second-order valence-corrected chi connectivity index (χ2v) is 4.47. The van der Waals surface area contributed by atoms with Crippen LogP contribution in [0, 0.1) is 0 Å². The second kappa shape index (κ2) is 6.34. The van der Waals surface area contributed by atoms with Gasteiger partial charge in [0.25, 0.3) is 0 Å². The van der Waals surface area contributed by atoms with Gasteiger partial charge in [-0.05, 0) is 13.8 Å². The molecule has 0 fully saturated rings. The van der Waals surface area contributed by atoms with Crippen molar-refractivity contribution in [1.82, 2.24) is 15.0 Å². The highest BCUT2D eigenvalue weighted by molar-refractivity contribution is 5.43. The SMILES string of the molecule is COCCN(c1nc(N)nc(N(C)C)n1)C(C)C. The first kappa shape index (κ1) is 14.4. The smallest absolute Gasteiger partial charge is 0.232 e. The van der Waals surface area contributed by atoms with Crippen LogP contribution in [0.25, 0.3) is 0 Å². The van der Waals surface area contributed by atoms with Crippen LogP contribution in [0.3, 0.4) is 0 Å². The van der Waals surface area contributed by atoms with Gasteiger partial charge < -0.3 is 20.3 Å². The highest BCUT2D eigenvalue weighted by atomic mass is 16.5. The Morgan fingerprint density at radius 2 is 1.78 bits per heavy atom. The van der Waals surface area contributed by atoms with Crippen molar-refractivity contribution in [2.45, 2.75) is 19.9 Å². The maximum atomic E-state index is 5.72. The molecule has 1 aromatic heterocycles. The van der Waals surface area contributed by atoms with Crippen molar-refractivity contribution >= 4 is 17.8 Å². The first-order valence-electron chi connectivity index (χ1n) is 5.90. The Balaban J connectivity index is 3.03. The molecule has 0 saturated carbocycles. The lowest BCUT2D eigenvalue weighted by molar-refractivity contribution is 0.203. The minimum atomic E-state index is 0.228. The van der Waals surface area contributed by atoms with Crippen molar-refractivity contribution in [2.75, 3.05) is 49.9 Å². The van der Waals surface area contributed by atoms with E-state index in [4.69, 9.17) is 10.5 Å². The Bertz CT molecular complexity index is 382. The predicted molar refractivity (Wildman–Crippen MR) is 72.9 cm³/mol. The summed E-state index contributed by atoms with van der Waals surface area (Å²) in [6, 6.07) is 0.261. The molecule has 1 aromatic rings. The zero-order valence-electron chi connectivity index (χ0n) is 11.7. The minimum Gasteiger partial charge on any atom is -0.383 e. The highest BCUT2D eigenvalue weighted by Gasteiger charge is 2.16. The molecule has 0 bridgehead atoms. The standard InChI is InChI=1S/C11H22N6O/c1-8(2)17(6-7-18-5)11-14-9(12)13-10(15-11)16(3)4/h8H,6-7H2,1-5H3,(H2,12,13,14,15). The van der Waals surface area contributed by atoms with Crippen LogP contribution in [0.2, 0.25) is 0 Å². The molecule has 0 aromatic carbocycles. The van der Waals surface area contributed by atoms with Crippen LogP contribution in [0.4, 0.5) is 17.8 Å². The fraction of sp³-hybridized carbons (Fsp3) is 0.727. The van der Waals surface area contributed by atoms with Gasteiger partial charge in [0, 0.05) is 33.8 Å². The summed E-state index contributed by atoms with van der Waals surface area (Å²) >= 11 is 0. The Kier molecular flexibility index (Phi) is 5.08. The molecule has 2 N–H and O–H groups in total. The second-order valence-electron chi connectivity index (χ2n) is 4.47. The Morgan fingerprint density at radius 3 is 2.28 bits per heavy atom. The summed E-state index contributed by atoms with van der Waals surface area (Å²) < 4.78 is 5.10. The van der Waals surface area contributed by atoms with Crippen molar-refractivity contribution in [2.24, 2.45) is 0 Å². The van der Waals surface area contributed by atoms with E-state index in [2.05, 4.69) is 28.8 Å². The number of hydrogen-bond donors (Lipinski definition) is 1. The van der Waals surface area contributed by atoms with Crippen LogP contribution in [0.1, 0.15) is 13.8 Å². The summed E-state index contributed by atoms with van der Waals surface area (Å²) in [5, 5.41) is 0. The summed E-state index contributed by atoms with van der Waals surface area (Å²) in [5.74, 6) is 1.37. The van der Waals surface area contributed by atoms with Gasteiger partial charge in [-0.15, -0.1) is 0 Å². The van der Waals surface area contributed by atoms with Gasteiger partial charge in [-0.3, -0.25) is 0 Å². The third-order valence-corrected chi connectivity index (χ3v) is 2.45. The van der Waals surface area contributed by atoms with Gasteiger partial charge in [-0.25, -0.2) is 0 Å². The van der Waals surface area contributed by atoms with Crippen LogP contribution >= 0.6 is 0 Å². The molecule has 0 amide bonds. The van der Waals surface area contributed by atoms with Crippen LogP contribution in [-0.2, 0) is 4.74 Å². The molecule has 0 aliphatic rings. The molecule has 0 aliphatic heterocycles. The number of rotatable bonds is 6. The monoisotopic (exact) mass is 254 g/mol. The molecule has 0 aliphatic carbocycles. The van der Waals surface area contributed by atoms with E-state index in [1.54, 1.807) is 12.0 Å². The largest absolute Gasteiger partial charge is 0.383 e. The topological polar surface area (TPSA) is 80.4 Å². The van der Waals surface area contributed by atoms with E-state index in [0.717, 1.165) is 0 Å². The average molecular weight is 254 g/mol. The molecule has 0 unspecified atom stereocenters. The maximum Gasteiger partial charge on any atom is 0.232 e. The van der Waals surface area contributed by atoms with Crippen LogP contribution in [0.5, 0.6) is 0 Å². The van der Waals surface area contributed by atoms with Crippen molar-refractivity contribution in [3.05, 3.63) is 0 Å². The van der Waals surface area contributed by atoms with Gasteiger partial charge in [0.05, 0.1) is 6.61 Å². The number of ether oxygens (including phenoxy) is 1. The molecule has 0 atom stereocenters. The number of aromatic nitrogens is 3. The molecule has 102 valence electrons. The van der Waals surface area contributed by atoms with Gasteiger partial charge in [0.15, 0.2) is 0 Å². The Morgan fingerprint density at radius 1 is 1.17 bits per heavy atom.